The molecule has 0 spiro atoms. The molecule has 38 heavy (non-hydrogen) atoms. The van der Waals surface area contributed by atoms with Crippen molar-refractivity contribution in [3.8, 4) is 0 Å². The number of amides is 2. The van der Waals surface area contributed by atoms with E-state index in [4.69, 9.17) is 9.47 Å². The molecular formula is C30H38N4O4. The first kappa shape index (κ1) is 26.3. The van der Waals surface area contributed by atoms with Crippen LogP contribution in [-0.4, -0.2) is 60.4 Å². The lowest BCUT2D eigenvalue weighted by Crippen LogP contribution is -2.53. The van der Waals surface area contributed by atoms with Crippen LogP contribution in [0.1, 0.15) is 36.8 Å². The van der Waals surface area contributed by atoms with E-state index in [2.05, 4.69) is 50.6 Å². The lowest BCUT2D eigenvalue weighted by atomic mass is 9.94. The molecule has 0 radical (unpaired) electrons. The zero-order chi connectivity index (χ0) is 26.3. The molecule has 1 aliphatic carbocycles. The molecule has 0 bridgehead atoms. The fraction of sp³-hybridized carbons (Fsp3) is 0.467. The number of aryl methyl sites for hydroxylation is 1. The predicted octanol–water partition coefficient (Wildman–Crippen LogP) is 4.07. The maximum absolute atomic E-state index is 13.8. The van der Waals surface area contributed by atoms with Gasteiger partial charge in [-0.25, -0.2) is 4.79 Å². The van der Waals surface area contributed by atoms with Gasteiger partial charge in [0.25, 0.3) is 0 Å². The SMILES string of the molecule is COCCCn1cc(CN(C(=O)[C@@H]2CNC[C@H](NC(=O)OCc3ccccc3)C2)C2CC2)c2ccccc21. The maximum Gasteiger partial charge on any atom is 0.407 e. The highest BCUT2D eigenvalue weighted by atomic mass is 16.5. The molecule has 3 aromatic rings. The van der Waals surface area contributed by atoms with Gasteiger partial charge in [0.05, 0.1) is 5.92 Å². The summed E-state index contributed by atoms with van der Waals surface area (Å²) in [5.74, 6) is -0.0146. The van der Waals surface area contributed by atoms with E-state index in [9.17, 15) is 9.59 Å². The molecule has 0 unspecified atom stereocenters. The summed E-state index contributed by atoms with van der Waals surface area (Å²) in [6.07, 6.45) is 5.39. The van der Waals surface area contributed by atoms with E-state index in [-0.39, 0.29) is 24.5 Å². The number of nitrogens with one attached hydrogen (secondary N) is 2. The number of hydrogen-bond acceptors (Lipinski definition) is 5. The number of piperidine rings is 1. The average Bonchev–Trinajstić information content (AvgIpc) is 3.73. The Labute approximate surface area is 224 Å². The van der Waals surface area contributed by atoms with Gasteiger partial charge < -0.3 is 29.6 Å². The molecule has 1 aliphatic heterocycles. The third-order valence-electron chi connectivity index (χ3n) is 7.46. The summed E-state index contributed by atoms with van der Waals surface area (Å²) in [5.41, 5.74) is 3.32. The maximum atomic E-state index is 13.8. The van der Waals surface area contributed by atoms with Gasteiger partial charge in [-0.15, -0.1) is 0 Å². The van der Waals surface area contributed by atoms with Crippen molar-refractivity contribution in [2.24, 2.45) is 5.92 Å². The molecule has 2 atom stereocenters. The number of benzene rings is 2. The monoisotopic (exact) mass is 518 g/mol. The highest BCUT2D eigenvalue weighted by Gasteiger charge is 2.38. The molecule has 1 saturated carbocycles. The predicted molar refractivity (Wildman–Crippen MR) is 147 cm³/mol. The number of carbonyl (C=O) groups excluding carboxylic acids is 2. The molecule has 8 heteroatoms. The van der Waals surface area contributed by atoms with Gasteiger partial charge in [0.15, 0.2) is 0 Å². The van der Waals surface area contributed by atoms with Gasteiger partial charge in [0.1, 0.15) is 6.61 Å². The molecule has 2 fully saturated rings. The molecule has 2 N–H and O–H groups in total. The summed E-state index contributed by atoms with van der Waals surface area (Å²) in [4.78, 5) is 28.3. The van der Waals surface area contributed by atoms with Crippen LogP contribution in [0.15, 0.2) is 60.8 Å². The van der Waals surface area contributed by atoms with E-state index in [0.717, 1.165) is 38.0 Å². The third-order valence-corrected chi connectivity index (χ3v) is 7.46. The third kappa shape index (κ3) is 6.55. The lowest BCUT2D eigenvalue weighted by molar-refractivity contribution is -0.137. The number of aromatic nitrogens is 1. The first-order valence-electron chi connectivity index (χ1n) is 13.7. The average molecular weight is 519 g/mol. The molecular weight excluding hydrogens is 480 g/mol. The van der Waals surface area contributed by atoms with Crippen LogP contribution < -0.4 is 10.6 Å². The Bertz CT molecular complexity index is 1220. The van der Waals surface area contributed by atoms with Gasteiger partial charge in [-0.05, 0) is 42.9 Å². The Kier molecular flexibility index (Phi) is 8.61. The van der Waals surface area contributed by atoms with Crippen LogP contribution in [-0.2, 0) is 34.0 Å². The zero-order valence-corrected chi connectivity index (χ0v) is 22.1. The van der Waals surface area contributed by atoms with Gasteiger partial charge in [0, 0.05) is 69.1 Å². The Morgan fingerprint density at radius 3 is 2.66 bits per heavy atom. The van der Waals surface area contributed by atoms with E-state index < -0.39 is 6.09 Å². The van der Waals surface area contributed by atoms with Crippen LogP contribution in [0.25, 0.3) is 10.9 Å². The Morgan fingerprint density at radius 2 is 1.87 bits per heavy atom. The minimum atomic E-state index is -0.450. The molecule has 2 heterocycles. The highest BCUT2D eigenvalue weighted by molar-refractivity contribution is 5.85. The number of alkyl carbamates (subject to hydrolysis) is 1. The van der Waals surface area contributed by atoms with Gasteiger partial charge in [-0.2, -0.15) is 0 Å². The van der Waals surface area contributed by atoms with E-state index in [1.165, 1.54) is 16.5 Å². The number of nitrogens with zero attached hydrogens (tertiary/aromatic N) is 2. The summed E-state index contributed by atoms with van der Waals surface area (Å²) < 4.78 is 12.9. The van der Waals surface area contributed by atoms with Crippen molar-refractivity contribution in [2.45, 2.75) is 57.5 Å². The second-order valence-electron chi connectivity index (χ2n) is 10.4. The second kappa shape index (κ2) is 12.5. The Hall–Kier alpha value is -3.36. The fourth-order valence-corrected chi connectivity index (χ4v) is 5.38. The highest BCUT2D eigenvalue weighted by Crippen LogP contribution is 2.33. The molecule has 8 nitrogen and oxygen atoms in total. The van der Waals surface area contributed by atoms with Crippen molar-refractivity contribution in [3.05, 3.63) is 71.9 Å². The van der Waals surface area contributed by atoms with Crippen molar-refractivity contribution in [1.29, 1.82) is 0 Å². The van der Waals surface area contributed by atoms with Gasteiger partial charge in [-0.3, -0.25) is 4.79 Å². The van der Waals surface area contributed by atoms with E-state index in [1.54, 1.807) is 7.11 Å². The van der Waals surface area contributed by atoms with Crippen LogP contribution in [0.2, 0.25) is 0 Å². The van der Waals surface area contributed by atoms with E-state index in [1.807, 2.05) is 30.3 Å². The molecule has 2 aliphatic rings. The second-order valence-corrected chi connectivity index (χ2v) is 10.4. The number of ether oxygens (including phenoxy) is 2. The smallest absolute Gasteiger partial charge is 0.407 e. The zero-order valence-electron chi connectivity index (χ0n) is 22.1. The van der Waals surface area contributed by atoms with Crippen LogP contribution in [0.5, 0.6) is 0 Å². The van der Waals surface area contributed by atoms with Crippen molar-refractivity contribution in [2.75, 3.05) is 26.8 Å². The van der Waals surface area contributed by atoms with E-state index in [0.29, 0.717) is 32.1 Å². The van der Waals surface area contributed by atoms with Crippen molar-refractivity contribution >= 4 is 22.9 Å². The Morgan fingerprint density at radius 1 is 1.08 bits per heavy atom. The molecule has 2 amide bonds. The molecule has 2 aromatic carbocycles. The number of hydrogen-bond donors (Lipinski definition) is 2. The van der Waals surface area contributed by atoms with Gasteiger partial charge in [0.2, 0.25) is 5.91 Å². The summed E-state index contributed by atoms with van der Waals surface area (Å²) in [6, 6.07) is 18.2. The van der Waals surface area contributed by atoms with Gasteiger partial charge >= 0.3 is 6.09 Å². The minimum absolute atomic E-state index is 0.148. The minimum Gasteiger partial charge on any atom is -0.445 e. The molecule has 1 aromatic heterocycles. The lowest BCUT2D eigenvalue weighted by Gasteiger charge is -2.33. The van der Waals surface area contributed by atoms with E-state index >= 15 is 0 Å². The largest absolute Gasteiger partial charge is 0.445 e. The number of rotatable bonds is 11. The normalized spacial score (nSPS) is 19.3. The van der Waals surface area contributed by atoms with Crippen LogP contribution in [0.4, 0.5) is 4.79 Å². The molecule has 1 saturated heterocycles. The molecule has 5 rings (SSSR count). The summed E-state index contributed by atoms with van der Waals surface area (Å²) in [5, 5.41) is 7.50. The quantitative estimate of drug-likeness (QED) is 0.374. The topological polar surface area (TPSA) is 84.8 Å². The van der Waals surface area contributed by atoms with Crippen molar-refractivity contribution < 1.29 is 19.1 Å². The van der Waals surface area contributed by atoms with Crippen molar-refractivity contribution in [3.63, 3.8) is 0 Å². The number of carbonyl (C=O) groups is 2. The molecule has 202 valence electrons. The Balaban J connectivity index is 1.22. The summed E-state index contributed by atoms with van der Waals surface area (Å²) in [6.45, 7) is 3.68. The fourth-order valence-electron chi connectivity index (χ4n) is 5.38. The van der Waals surface area contributed by atoms with Crippen LogP contribution in [0.3, 0.4) is 0 Å². The standard InChI is InChI=1S/C30H38N4O4/c1-37-15-7-14-33-19-24(27-10-5-6-11-28(27)33)20-34(26-12-13-26)29(35)23-16-25(18-31-17-23)32-30(36)38-21-22-8-3-2-4-9-22/h2-6,8-11,19,23,25-26,31H,7,12-18,20-21H2,1H3,(H,32,36)/t23-,25+/m0/s1. The number of fused-ring (bicyclic) bond motifs is 1. The summed E-state index contributed by atoms with van der Waals surface area (Å²) in [7, 11) is 1.73. The van der Waals surface area contributed by atoms with Gasteiger partial charge in [-0.1, -0.05) is 48.5 Å². The number of para-hydroxylation sites is 1. The first-order chi connectivity index (χ1) is 18.6. The first-order valence-corrected chi connectivity index (χ1v) is 13.7. The summed E-state index contributed by atoms with van der Waals surface area (Å²) >= 11 is 0. The van der Waals surface area contributed by atoms with Crippen LogP contribution >= 0.6 is 0 Å². The van der Waals surface area contributed by atoms with Crippen LogP contribution in [0, 0.1) is 5.92 Å². The number of methoxy groups -OCH3 is 1. The van der Waals surface area contributed by atoms with Crippen molar-refractivity contribution in [1.82, 2.24) is 20.1 Å².